The van der Waals surface area contributed by atoms with Gasteiger partial charge in [0.2, 0.25) is 0 Å². The summed E-state index contributed by atoms with van der Waals surface area (Å²) in [6, 6.07) is 0. The molecule has 218 valence electrons. The maximum Gasteiger partial charge on any atom is 0.317 e. The van der Waals surface area contributed by atoms with E-state index in [0.29, 0.717) is 19.3 Å². The number of carboxylic acid groups (broad SMARTS) is 1. The molecule has 0 amide bonds. The molecule has 0 aromatic rings. The Morgan fingerprint density at radius 2 is 1.53 bits per heavy atom. The number of aliphatic hydroxyl groups excluding tert-OH is 7. The van der Waals surface area contributed by atoms with Crippen LogP contribution in [0.15, 0.2) is 0 Å². The summed E-state index contributed by atoms with van der Waals surface area (Å²) < 4.78 is 22.9. The highest BCUT2D eigenvalue weighted by molar-refractivity contribution is 5.90. The number of rotatable bonds is 7. The van der Waals surface area contributed by atoms with Gasteiger partial charge in [0.15, 0.2) is 6.29 Å². The van der Waals surface area contributed by atoms with Crippen LogP contribution in [0.2, 0.25) is 0 Å². The maximum absolute atomic E-state index is 11.6. The van der Waals surface area contributed by atoms with Crippen molar-refractivity contribution >= 4 is 11.9 Å². The fourth-order valence-electron chi connectivity index (χ4n) is 6.09. The highest BCUT2D eigenvalue weighted by Gasteiger charge is 2.52. The number of ether oxygens (including phenoxy) is 4. The van der Waals surface area contributed by atoms with Crippen LogP contribution in [0.5, 0.6) is 0 Å². The molecule has 9 unspecified atom stereocenters. The number of carboxylic acids is 1. The van der Waals surface area contributed by atoms with E-state index in [9.17, 15) is 45.3 Å². The summed E-state index contributed by atoms with van der Waals surface area (Å²) in [4.78, 5) is 22.3. The average molecular weight is 551 g/mol. The van der Waals surface area contributed by atoms with Gasteiger partial charge in [-0.05, 0) is 44.4 Å². The highest BCUT2D eigenvalue weighted by Crippen LogP contribution is 2.43. The number of aliphatic hydroxyl groups is 7. The number of esters is 1. The van der Waals surface area contributed by atoms with Crippen LogP contribution in [0.25, 0.3) is 0 Å². The lowest BCUT2D eigenvalue weighted by atomic mass is 9.72. The summed E-state index contributed by atoms with van der Waals surface area (Å²) in [5.41, 5.74) is 0. The summed E-state index contributed by atoms with van der Waals surface area (Å²) in [6.07, 6.45) is -12.5. The fraction of sp³-hybridized carbons (Fsp3) is 0.917. The normalized spacial score (nSPS) is 47.7. The molecule has 14 heteroatoms. The summed E-state index contributed by atoms with van der Waals surface area (Å²) in [5, 5.41) is 81.1. The maximum atomic E-state index is 11.6. The van der Waals surface area contributed by atoms with Crippen molar-refractivity contribution in [2.24, 2.45) is 11.8 Å². The van der Waals surface area contributed by atoms with E-state index in [1.807, 2.05) is 0 Å². The third-order valence-electron chi connectivity index (χ3n) is 8.16. The lowest BCUT2D eigenvalue weighted by Gasteiger charge is -2.51. The minimum atomic E-state index is -1.74. The Balaban J connectivity index is 1.49. The zero-order valence-corrected chi connectivity index (χ0v) is 20.8. The van der Waals surface area contributed by atoms with Crippen molar-refractivity contribution in [3.05, 3.63) is 0 Å². The summed E-state index contributed by atoms with van der Waals surface area (Å²) in [5.74, 6) is -3.15. The average Bonchev–Trinajstić information content (AvgIpc) is 2.84. The Bertz CT molecular complexity index is 826. The molecule has 2 aliphatic heterocycles. The van der Waals surface area contributed by atoms with Gasteiger partial charge in [0.1, 0.15) is 37.4 Å². The Hall–Kier alpha value is -1.46. The van der Waals surface area contributed by atoms with Crippen molar-refractivity contribution in [1.29, 1.82) is 0 Å². The molecular weight excluding hydrogens is 512 g/mol. The van der Waals surface area contributed by atoms with Gasteiger partial charge in [-0.2, -0.15) is 0 Å². The number of carbonyl (C=O) groups excluding carboxylic acids is 1. The number of carbonyl (C=O) groups is 2. The smallest absolute Gasteiger partial charge is 0.317 e. The van der Waals surface area contributed by atoms with Crippen molar-refractivity contribution < 1.29 is 69.4 Å². The molecule has 0 aromatic heterocycles. The van der Waals surface area contributed by atoms with Crippen LogP contribution < -0.4 is 0 Å². The molecule has 0 bridgehead atoms. The second-order valence-electron chi connectivity index (χ2n) is 10.9. The SMILES string of the molecule is O=C(O)CC(=O)OC[C@H]1O[C@@H](OC2CC3C(O)CC(O)CC3OC2C2CCC(O)C(O)C2)[C@H](O)[C@@H](O)[C@@H]1O. The summed E-state index contributed by atoms with van der Waals surface area (Å²) in [6.45, 7) is -0.602. The van der Waals surface area contributed by atoms with Crippen LogP contribution in [0.4, 0.5) is 0 Å². The summed E-state index contributed by atoms with van der Waals surface area (Å²) in [7, 11) is 0. The van der Waals surface area contributed by atoms with Crippen LogP contribution in [0.1, 0.15) is 44.9 Å². The van der Waals surface area contributed by atoms with Crippen molar-refractivity contribution in [1.82, 2.24) is 0 Å². The monoisotopic (exact) mass is 550 g/mol. The Morgan fingerprint density at radius 3 is 2.21 bits per heavy atom. The van der Waals surface area contributed by atoms with Gasteiger partial charge >= 0.3 is 11.9 Å². The number of hydrogen-bond acceptors (Lipinski definition) is 13. The van der Waals surface area contributed by atoms with E-state index in [1.54, 1.807) is 0 Å². The van der Waals surface area contributed by atoms with E-state index in [-0.39, 0.29) is 25.2 Å². The van der Waals surface area contributed by atoms with E-state index in [2.05, 4.69) is 0 Å². The van der Waals surface area contributed by atoms with Crippen molar-refractivity contribution in [2.45, 2.75) is 118 Å². The van der Waals surface area contributed by atoms with Gasteiger partial charge in [0.25, 0.3) is 0 Å². The molecular formula is C24H38O14. The van der Waals surface area contributed by atoms with Crippen LogP contribution in [0, 0.1) is 11.8 Å². The molecule has 0 spiro atoms. The fourth-order valence-corrected chi connectivity index (χ4v) is 6.09. The lowest BCUT2D eigenvalue weighted by Crippen LogP contribution is -2.62. The van der Waals surface area contributed by atoms with E-state index >= 15 is 0 Å². The molecule has 0 aromatic carbocycles. The predicted molar refractivity (Wildman–Crippen MR) is 122 cm³/mol. The zero-order valence-electron chi connectivity index (χ0n) is 20.8. The van der Waals surface area contributed by atoms with Crippen molar-refractivity contribution in [2.75, 3.05) is 6.61 Å². The molecule has 8 N–H and O–H groups in total. The van der Waals surface area contributed by atoms with Crippen LogP contribution in [0.3, 0.4) is 0 Å². The first-order valence-corrected chi connectivity index (χ1v) is 13.0. The Kier molecular flexibility index (Phi) is 9.61. The molecule has 2 saturated carbocycles. The molecule has 0 radical (unpaired) electrons. The molecule has 2 aliphatic carbocycles. The molecule has 2 heterocycles. The van der Waals surface area contributed by atoms with Gasteiger partial charge < -0.3 is 59.8 Å². The third-order valence-corrected chi connectivity index (χ3v) is 8.16. The first kappa shape index (κ1) is 29.5. The van der Waals surface area contributed by atoms with E-state index in [4.69, 9.17) is 24.1 Å². The molecule has 2 saturated heterocycles. The van der Waals surface area contributed by atoms with Crippen molar-refractivity contribution in [3.63, 3.8) is 0 Å². The topological polar surface area (TPSA) is 233 Å². The van der Waals surface area contributed by atoms with E-state index in [1.165, 1.54) is 0 Å². The van der Waals surface area contributed by atoms with Gasteiger partial charge in [0, 0.05) is 5.92 Å². The summed E-state index contributed by atoms with van der Waals surface area (Å²) >= 11 is 0. The first-order valence-electron chi connectivity index (χ1n) is 13.0. The molecule has 38 heavy (non-hydrogen) atoms. The number of fused-ring (bicyclic) bond motifs is 1. The Morgan fingerprint density at radius 1 is 0.789 bits per heavy atom. The molecule has 4 aliphatic rings. The predicted octanol–water partition coefficient (Wildman–Crippen LogP) is -2.99. The number of hydrogen-bond donors (Lipinski definition) is 8. The van der Waals surface area contributed by atoms with Gasteiger partial charge in [-0.25, -0.2) is 0 Å². The van der Waals surface area contributed by atoms with Crippen LogP contribution in [-0.4, -0.2) is 133 Å². The minimum absolute atomic E-state index is 0.160. The van der Waals surface area contributed by atoms with E-state index in [0.717, 1.165) is 0 Å². The first-order chi connectivity index (χ1) is 17.9. The quantitative estimate of drug-likeness (QED) is 0.117. The van der Waals surface area contributed by atoms with Gasteiger partial charge in [0.05, 0.1) is 42.7 Å². The molecule has 14 nitrogen and oxygen atoms in total. The van der Waals surface area contributed by atoms with Crippen LogP contribution >= 0.6 is 0 Å². The molecule has 4 fully saturated rings. The zero-order chi connectivity index (χ0) is 27.7. The lowest BCUT2D eigenvalue weighted by molar-refractivity contribution is -0.333. The molecule has 14 atom stereocenters. The van der Waals surface area contributed by atoms with Crippen LogP contribution in [-0.2, 0) is 28.5 Å². The second-order valence-corrected chi connectivity index (χ2v) is 10.9. The van der Waals surface area contributed by atoms with Gasteiger partial charge in [-0.3, -0.25) is 9.59 Å². The standard InChI is InChI=1S/C24H38O14/c25-10-4-13(27)11-6-16(23(36-15(11)5-10)9-1-2-12(26)14(28)3-9)37-24-22(34)21(33)20(32)17(38-24)8-35-19(31)7-18(29)30/h9-17,20-28,32-34H,1-8H2,(H,29,30)/t9?,10?,11?,12?,13?,14?,15?,16?,17-,20-,21+,22-,23?,24-/m1/s1. The highest BCUT2D eigenvalue weighted by atomic mass is 16.7. The van der Waals surface area contributed by atoms with Gasteiger partial charge in [-0.1, -0.05) is 0 Å². The largest absolute Gasteiger partial charge is 0.481 e. The minimum Gasteiger partial charge on any atom is -0.481 e. The van der Waals surface area contributed by atoms with Gasteiger partial charge in [-0.15, -0.1) is 0 Å². The Labute approximate surface area is 218 Å². The molecule has 4 rings (SSSR count). The van der Waals surface area contributed by atoms with Crippen molar-refractivity contribution in [3.8, 4) is 0 Å². The third kappa shape index (κ3) is 6.63. The van der Waals surface area contributed by atoms with E-state index < -0.39 is 104 Å². The number of aliphatic carboxylic acids is 1. The second kappa shape index (κ2) is 12.4.